The van der Waals surface area contributed by atoms with Gasteiger partial charge in [0.1, 0.15) is 0 Å². The van der Waals surface area contributed by atoms with Crippen LogP contribution in [0.1, 0.15) is 34.1 Å². The Kier molecular flexibility index (Phi) is 5.46. The number of aromatic nitrogens is 2. The fourth-order valence-corrected chi connectivity index (χ4v) is 2.26. The summed E-state index contributed by atoms with van der Waals surface area (Å²) in [6.07, 6.45) is 2.68. The van der Waals surface area contributed by atoms with Crippen molar-refractivity contribution in [1.82, 2.24) is 15.1 Å². The number of para-hydroxylation sites is 1. The highest BCUT2D eigenvalue weighted by Crippen LogP contribution is 2.28. The number of carbonyl (C=O) groups excluding carboxylic acids is 1. The molecule has 0 saturated heterocycles. The number of rotatable bonds is 6. The maximum absolute atomic E-state index is 12.3. The Bertz CT molecular complexity index is 668. The third kappa shape index (κ3) is 4.34. The Hall–Kier alpha value is -1.82. The first-order chi connectivity index (χ1) is 10.8. The predicted octanol–water partition coefficient (Wildman–Crippen LogP) is 3.71. The zero-order valence-electron chi connectivity index (χ0n) is 13.8. The molecule has 1 N–H and O–H groups in total. The topological polar surface area (TPSA) is 56.1 Å². The van der Waals surface area contributed by atoms with Crippen LogP contribution in [0.15, 0.2) is 41.0 Å². The van der Waals surface area contributed by atoms with E-state index in [9.17, 15) is 4.79 Å². The van der Waals surface area contributed by atoms with Crippen molar-refractivity contribution in [2.45, 2.75) is 45.8 Å². The normalized spacial score (nSPS) is 12.7. The minimum Gasteiger partial charge on any atom is -0.460 e. The van der Waals surface area contributed by atoms with E-state index in [4.69, 9.17) is 4.74 Å². The van der Waals surface area contributed by atoms with Crippen LogP contribution in [-0.2, 0) is 4.79 Å². The van der Waals surface area contributed by atoms with Gasteiger partial charge >= 0.3 is 0 Å². The van der Waals surface area contributed by atoms with Crippen LogP contribution in [0.25, 0.3) is 5.69 Å². The molecular formula is C17H22BrN3O2. The molecular weight excluding hydrogens is 358 g/mol. The number of hydrogen-bond acceptors (Lipinski definition) is 3. The SMILES string of the molecule is CCC(C)NC(=O)C(C)(C)Oc1nn(-c2ccccc2)cc1Br. The second kappa shape index (κ2) is 7.17. The average molecular weight is 380 g/mol. The zero-order valence-corrected chi connectivity index (χ0v) is 15.4. The van der Waals surface area contributed by atoms with Crippen molar-refractivity contribution in [3.05, 3.63) is 41.0 Å². The van der Waals surface area contributed by atoms with E-state index in [0.717, 1.165) is 12.1 Å². The van der Waals surface area contributed by atoms with Gasteiger partial charge in [-0.2, -0.15) is 0 Å². The molecule has 23 heavy (non-hydrogen) atoms. The highest BCUT2D eigenvalue weighted by atomic mass is 79.9. The molecule has 0 bridgehead atoms. The van der Waals surface area contributed by atoms with Gasteiger partial charge in [-0.05, 0) is 55.3 Å². The molecule has 1 atom stereocenters. The van der Waals surface area contributed by atoms with Crippen molar-refractivity contribution in [2.24, 2.45) is 0 Å². The monoisotopic (exact) mass is 379 g/mol. The number of amides is 1. The highest BCUT2D eigenvalue weighted by molar-refractivity contribution is 9.10. The Labute approximate surface area is 145 Å². The predicted molar refractivity (Wildman–Crippen MR) is 93.9 cm³/mol. The van der Waals surface area contributed by atoms with Crippen LogP contribution < -0.4 is 10.1 Å². The second-order valence-electron chi connectivity index (χ2n) is 5.96. The van der Waals surface area contributed by atoms with Crippen LogP contribution in [0.4, 0.5) is 0 Å². The third-order valence-electron chi connectivity index (χ3n) is 3.55. The number of benzene rings is 1. The van der Waals surface area contributed by atoms with Gasteiger partial charge in [0, 0.05) is 12.2 Å². The summed E-state index contributed by atoms with van der Waals surface area (Å²) in [6, 6.07) is 9.83. The van der Waals surface area contributed by atoms with Gasteiger partial charge < -0.3 is 10.1 Å². The molecule has 5 nitrogen and oxygen atoms in total. The van der Waals surface area contributed by atoms with Crippen molar-refractivity contribution < 1.29 is 9.53 Å². The van der Waals surface area contributed by atoms with Gasteiger partial charge in [0.2, 0.25) is 5.88 Å². The Morgan fingerprint density at radius 2 is 2.04 bits per heavy atom. The van der Waals surface area contributed by atoms with E-state index < -0.39 is 5.60 Å². The molecule has 1 amide bonds. The molecule has 1 unspecified atom stereocenters. The molecule has 0 aliphatic carbocycles. The smallest absolute Gasteiger partial charge is 0.263 e. The van der Waals surface area contributed by atoms with E-state index in [1.54, 1.807) is 18.5 Å². The lowest BCUT2D eigenvalue weighted by Crippen LogP contribution is -2.49. The van der Waals surface area contributed by atoms with Crippen LogP contribution in [0.2, 0.25) is 0 Å². The number of halogens is 1. The van der Waals surface area contributed by atoms with E-state index in [-0.39, 0.29) is 11.9 Å². The molecule has 0 aliphatic rings. The van der Waals surface area contributed by atoms with Crippen LogP contribution in [0.5, 0.6) is 5.88 Å². The van der Waals surface area contributed by atoms with E-state index in [0.29, 0.717) is 10.4 Å². The van der Waals surface area contributed by atoms with Crippen molar-refractivity contribution in [3.8, 4) is 11.6 Å². The largest absolute Gasteiger partial charge is 0.460 e. The zero-order chi connectivity index (χ0) is 17.0. The summed E-state index contributed by atoms with van der Waals surface area (Å²) in [4.78, 5) is 12.3. The van der Waals surface area contributed by atoms with Gasteiger partial charge in [-0.1, -0.05) is 25.1 Å². The minimum atomic E-state index is -1.01. The van der Waals surface area contributed by atoms with Gasteiger partial charge in [-0.25, -0.2) is 4.68 Å². The van der Waals surface area contributed by atoms with Crippen molar-refractivity contribution in [3.63, 3.8) is 0 Å². The van der Waals surface area contributed by atoms with Gasteiger partial charge in [-0.15, -0.1) is 5.10 Å². The van der Waals surface area contributed by atoms with Gasteiger partial charge in [0.15, 0.2) is 5.60 Å². The molecule has 0 spiro atoms. The van der Waals surface area contributed by atoms with Crippen LogP contribution in [-0.4, -0.2) is 27.3 Å². The summed E-state index contributed by atoms with van der Waals surface area (Å²) < 4.78 is 8.26. The van der Waals surface area contributed by atoms with Gasteiger partial charge in [-0.3, -0.25) is 4.79 Å². The lowest BCUT2D eigenvalue weighted by atomic mass is 10.1. The first-order valence-corrected chi connectivity index (χ1v) is 8.43. The summed E-state index contributed by atoms with van der Waals surface area (Å²) in [5, 5.41) is 7.35. The second-order valence-corrected chi connectivity index (χ2v) is 6.81. The molecule has 0 aliphatic heterocycles. The van der Waals surface area contributed by atoms with Crippen LogP contribution >= 0.6 is 15.9 Å². The fourth-order valence-electron chi connectivity index (χ4n) is 1.91. The fraction of sp³-hybridized carbons (Fsp3) is 0.412. The van der Waals surface area contributed by atoms with E-state index in [1.165, 1.54) is 0 Å². The number of carbonyl (C=O) groups is 1. The average Bonchev–Trinajstić information content (AvgIpc) is 2.88. The van der Waals surface area contributed by atoms with Gasteiger partial charge in [0.05, 0.1) is 10.2 Å². The maximum atomic E-state index is 12.3. The number of hydrogen-bond donors (Lipinski definition) is 1. The van der Waals surface area contributed by atoms with Crippen LogP contribution in [0, 0.1) is 0 Å². The molecule has 0 saturated carbocycles. The van der Waals surface area contributed by atoms with E-state index >= 15 is 0 Å². The number of nitrogens with one attached hydrogen (secondary N) is 1. The first-order valence-electron chi connectivity index (χ1n) is 7.64. The van der Waals surface area contributed by atoms with E-state index in [1.807, 2.05) is 50.4 Å². The Balaban J connectivity index is 2.16. The molecule has 2 aromatic rings. The summed E-state index contributed by atoms with van der Waals surface area (Å²) in [7, 11) is 0. The standard InChI is InChI=1S/C17H22BrN3O2/c1-5-12(2)19-16(22)17(3,4)23-15-14(18)11-21(20-15)13-9-7-6-8-10-13/h6-12H,5H2,1-4H3,(H,19,22). The summed E-state index contributed by atoms with van der Waals surface area (Å²) in [5.41, 5.74) is -0.0909. The summed E-state index contributed by atoms with van der Waals surface area (Å²) >= 11 is 3.44. The molecule has 6 heteroatoms. The molecule has 0 fully saturated rings. The molecule has 0 radical (unpaired) electrons. The minimum absolute atomic E-state index is 0.107. The first kappa shape index (κ1) is 17.5. The van der Waals surface area contributed by atoms with Crippen molar-refractivity contribution in [2.75, 3.05) is 0 Å². The van der Waals surface area contributed by atoms with Crippen LogP contribution in [0.3, 0.4) is 0 Å². The Morgan fingerprint density at radius 1 is 1.39 bits per heavy atom. The molecule has 2 rings (SSSR count). The third-order valence-corrected chi connectivity index (χ3v) is 4.09. The highest BCUT2D eigenvalue weighted by Gasteiger charge is 2.32. The van der Waals surface area contributed by atoms with Gasteiger partial charge in [0.25, 0.3) is 5.91 Å². The van der Waals surface area contributed by atoms with Crippen molar-refractivity contribution >= 4 is 21.8 Å². The maximum Gasteiger partial charge on any atom is 0.263 e. The summed E-state index contributed by atoms with van der Waals surface area (Å²) in [6.45, 7) is 7.46. The van der Waals surface area contributed by atoms with E-state index in [2.05, 4.69) is 26.3 Å². The lowest BCUT2D eigenvalue weighted by Gasteiger charge is -2.26. The quantitative estimate of drug-likeness (QED) is 0.831. The number of nitrogens with zero attached hydrogens (tertiary/aromatic N) is 2. The lowest BCUT2D eigenvalue weighted by molar-refractivity contribution is -0.135. The molecule has 1 heterocycles. The van der Waals surface area contributed by atoms with Crippen molar-refractivity contribution in [1.29, 1.82) is 0 Å². The molecule has 124 valence electrons. The summed E-state index contributed by atoms with van der Waals surface area (Å²) in [5.74, 6) is 0.228. The Morgan fingerprint density at radius 3 is 2.65 bits per heavy atom. The molecule has 1 aromatic carbocycles. The number of ether oxygens (including phenoxy) is 1. The molecule has 1 aromatic heterocycles.